The molecule has 0 radical (unpaired) electrons. The summed E-state index contributed by atoms with van der Waals surface area (Å²) in [6, 6.07) is 0. The van der Waals surface area contributed by atoms with Gasteiger partial charge in [0, 0.05) is 12.4 Å². The van der Waals surface area contributed by atoms with E-state index in [0.29, 0.717) is 0 Å². The van der Waals surface area contributed by atoms with Gasteiger partial charge in [0.15, 0.2) is 0 Å². The molecule has 11 heavy (non-hydrogen) atoms. The molecule has 1 aromatic rings. The monoisotopic (exact) mass is 154 g/mol. The van der Waals surface area contributed by atoms with E-state index in [1.165, 1.54) is 12.4 Å². The van der Waals surface area contributed by atoms with Gasteiger partial charge in [-0.15, -0.1) is 0 Å². The summed E-state index contributed by atoms with van der Waals surface area (Å²) in [5.41, 5.74) is -0.421. The van der Waals surface area contributed by atoms with Crippen molar-refractivity contribution >= 4 is 5.97 Å². The highest BCUT2D eigenvalue weighted by Gasteiger charge is 2.04. The Balaban J connectivity index is 2.95. The molecule has 1 heterocycles. The largest absolute Gasteiger partial charge is 0.481 e. The van der Waals surface area contributed by atoms with Crippen molar-refractivity contribution in [3.63, 3.8) is 0 Å². The SMILES string of the molecule is O=C(O)Cc1ncc[nH]c1=O. The second-order valence-corrected chi connectivity index (χ2v) is 1.94. The highest BCUT2D eigenvalue weighted by atomic mass is 16.4. The van der Waals surface area contributed by atoms with Gasteiger partial charge in [0.25, 0.3) is 5.56 Å². The lowest BCUT2D eigenvalue weighted by molar-refractivity contribution is -0.136. The zero-order valence-electron chi connectivity index (χ0n) is 5.57. The van der Waals surface area contributed by atoms with Gasteiger partial charge in [-0.25, -0.2) is 0 Å². The highest BCUT2D eigenvalue weighted by molar-refractivity contribution is 5.69. The van der Waals surface area contributed by atoms with Crippen LogP contribution in [0.1, 0.15) is 5.69 Å². The van der Waals surface area contributed by atoms with Gasteiger partial charge in [-0.3, -0.25) is 14.6 Å². The Morgan fingerprint density at radius 2 is 2.45 bits per heavy atom. The fourth-order valence-corrected chi connectivity index (χ4v) is 0.651. The zero-order chi connectivity index (χ0) is 8.27. The normalized spacial score (nSPS) is 9.45. The molecule has 1 aromatic heterocycles. The van der Waals surface area contributed by atoms with Crippen LogP contribution in [0.4, 0.5) is 0 Å². The van der Waals surface area contributed by atoms with Gasteiger partial charge in [0.05, 0.1) is 6.42 Å². The molecule has 0 aliphatic heterocycles. The molecule has 0 bridgehead atoms. The minimum absolute atomic E-state index is 0.0278. The van der Waals surface area contributed by atoms with E-state index in [1.807, 2.05) is 0 Å². The minimum Gasteiger partial charge on any atom is -0.481 e. The third-order valence-electron chi connectivity index (χ3n) is 1.10. The second kappa shape index (κ2) is 2.96. The zero-order valence-corrected chi connectivity index (χ0v) is 5.57. The van der Waals surface area contributed by atoms with Crippen molar-refractivity contribution in [2.75, 3.05) is 0 Å². The van der Waals surface area contributed by atoms with E-state index in [0.717, 1.165) is 0 Å². The van der Waals surface area contributed by atoms with E-state index in [2.05, 4.69) is 9.97 Å². The number of nitrogens with one attached hydrogen (secondary N) is 1. The number of carboxylic acid groups (broad SMARTS) is 1. The molecule has 2 N–H and O–H groups in total. The first-order valence-electron chi connectivity index (χ1n) is 2.94. The Morgan fingerprint density at radius 3 is 3.00 bits per heavy atom. The first-order valence-corrected chi connectivity index (χ1v) is 2.94. The quantitative estimate of drug-likeness (QED) is 0.595. The van der Waals surface area contributed by atoms with Gasteiger partial charge in [-0.2, -0.15) is 0 Å². The molecule has 58 valence electrons. The van der Waals surface area contributed by atoms with E-state index in [9.17, 15) is 9.59 Å². The number of rotatable bonds is 2. The van der Waals surface area contributed by atoms with Crippen LogP contribution < -0.4 is 5.56 Å². The molecule has 0 amide bonds. The summed E-state index contributed by atoms with van der Waals surface area (Å²) in [4.78, 5) is 26.8. The number of hydrogen-bond acceptors (Lipinski definition) is 3. The van der Waals surface area contributed by atoms with Crippen LogP contribution in [0.2, 0.25) is 0 Å². The molecule has 0 aromatic carbocycles. The molecule has 0 spiro atoms. The molecule has 0 fully saturated rings. The van der Waals surface area contributed by atoms with E-state index < -0.39 is 11.5 Å². The topological polar surface area (TPSA) is 83.0 Å². The van der Waals surface area contributed by atoms with Crippen molar-refractivity contribution in [2.45, 2.75) is 6.42 Å². The number of carboxylic acids is 1. The van der Waals surface area contributed by atoms with Crippen molar-refractivity contribution in [3.8, 4) is 0 Å². The lowest BCUT2D eigenvalue weighted by Crippen LogP contribution is -2.17. The van der Waals surface area contributed by atoms with Crippen LogP contribution in [-0.4, -0.2) is 21.0 Å². The summed E-state index contributed by atoms with van der Waals surface area (Å²) in [5.74, 6) is -1.06. The van der Waals surface area contributed by atoms with Gasteiger partial charge in [0.1, 0.15) is 5.69 Å². The Kier molecular flexibility index (Phi) is 2.00. The standard InChI is InChI=1S/C6H6N2O3/c9-5(10)3-4-6(11)8-2-1-7-4/h1-2H,3H2,(H,8,11)(H,9,10). The first-order chi connectivity index (χ1) is 5.20. The maximum absolute atomic E-state index is 10.8. The van der Waals surface area contributed by atoms with Crippen LogP contribution in [0.15, 0.2) is 17.2 Å². The molecule has 5 heteroatoms. The maximum Gasteiger partial charge on any atom is 0.309 e. The molecule has 0 saturated heterocycles. The van der Waals surface area contributed by atoms with Gasteiger partial charge in [-0.1, -0.05) is 0 Å². The first kappa shape index (κ1) is 7.46. The van der Waals surface area contributed by atoms with E-state index in [-0.39, 0.29) is 12.1 Å². The summed E-state index contributed by atoms with van der Waals surface area (Å²) < 4.78 is 0. The maximum atomic E-state index is 10.8. The van der Waals surface area contributed by atoms with Gasteiger partial charge >= 0.3 is 5.97 Å². The van der Waals surface area contributed by atoms with Gasteiger partial charge in [0.2, 0.25) is 0 Å². The Labute approximate surface area is 61.7 Å². The molecule has 5 nitrogen and oxygen atoms in total. The predicted molar refractivity (Wildman–Crippen MR) is 36.2 cm³/mol. The van der Waals surface area contributed by atoms with Crippen LogP contribution in [0, 0.1) is 0 Å². The third kappa shape index (κ3) is 1.89. The number of aromatic amines is 1. The van der Waals surface area contributed by atoms with Crippen molar-refractivity contribution in [1.82, 2.24) is 9.97 Å². The third-order valence-corrected chi connectivity index (χ3v) is 1.10. The number of aromatic nitrogens is 2. The van der Waals surface area contributed by atoms with Crippen LogP contribution in [0.25, 0.3) is 0 Å². The average Bonchev–Trinajstić information content (AvgIpc) is 1.93. The average molecular weight is 154 g/mol. The molecule has 0 atom stereocenters. The minimum atomic E-state index is -1.06. The molecule has 0 aliphatic rings. The number of carbonyl (C=O) groups is 1. The van der Waals surface area contributed by atoms with Crippen molar-refractivity contribution in [2.24, 2.45) is 0 Å². The van der Waals surface area contributed by atoms with Crippen LogP contribution in [0.3, 0.4) is 0 Å². The fourth-order valence-electron chi connectivity index (χ4n) is 0.651. The number of hydrogen-bond donors (Lipinski definition) is 2. The summed E-state index contributed by atoms with van der Waals surface area (Å²) in [6.07, 6.45) is 2.36. The highest BCUT2D eigenvalue weighted by Crippen LogP contribution is 1.83. The number of aliphatic carboxylic acids is 1. The number of H-pyrrole nitrogens is 1. The van der Waals surface area contributed by atoms with Crippen molar-refractivity contribution in [3.05, 3.63) is 28.4 Å². The van der Waals surface area contributed by atoms with Gasteiger partial charge in [-0.05, 0) is 0 Å². The smallest absolute Gasteiger partial charge is 0.309 e. The summed E-state index contributed by atoms with van der Waals surface area (Å²) >= 11 is 0. The Hall–Kier alpha value is -1.65. The number of nitrogens with zero attached hydrogens (tertiary/aromatic N) is 1. The molecular weight excluding hydrogens is 148 g/mol. The summed E-state index contributed by atoms with van der Waals surface area (Å²) in [7, 11) is 0. The summed E-state index contributed by atoms with van der Waals surface area (Å²) in [6.45, 7) is 0. The van der Waals surface area contributed by atoms with E-state index in [4.69, 9.17) is 5.11 Å². The van der Waals surface area contributed by atoms with Crippen molar-refractivity contribution in [1.29, 1.82) is 0 Å². The second-order valence-electron chi connectivity index (χ2n) is 1.94. The van der Waals surface area contributed by atoms with Crippen molar-refractivity contribution < 1.29 is 9.90 Å². The van der Waals surface area contributed by atoms with Crippen LogP contribution in [0.5, 0.6) is 0 Å². The molecule has 1 rings (SSSR count). The molecular formula is C6H6N2O3. The molecule has 0 aliphatic carbocycles. The Bertz CT molecular complexity index is 318. The van der Waals surface area contributed by atoms with Gasteiger partial charge < -0.3 is 10.1 Å². The van der Waals surface area contributed by atoms with E-state index >= 15 is 0 Å². The summed E-state index contributed by atoms with van der Waals surface area (Å²) in [5, 5.41) is 8.30. The van der Waals surface area contributed by atoms with E-state index in [1.54, 1.807) is 0 Å². The molecule has 0 saturated carbocycles. The fraction of sp³-hybridized carbons (Fsp3) is 0.167. The van der Waals surface area contributed by atoms with Crippen LogP contribution >= 0.6 is 0 Å². The molecule has 0 unspecified atom stereocenters. The lowest BCUT2D eigenvalue weighted by atomic mass is 10.3. The Morgan fingerprint density at radius 1 is 1.73 bits per heavy atom. The predicted octanol–water partition coefficient (Wildman–Crippen LogP) is -0.603. The van der Waals surface area contributed by atoms with Crippen LogP contribution in [-0.2, 0) is 11.2 Å². The lowest BCUT2D eigenvalue weighted by Gasteiger charge is -1.91.